The Labute approximate surface area is 199 Å². The quantitative estimate of drug-likeness (QED) is 0.299. The summed E-state index contributed by atoms with van der Waals surface area (Å²) in [5.74, 6) is -6.74. The highest BCUT2D eigenvalue weighted by atomic mass is 35.5. The van der Waals surface area contributed by atoms with Crippen LogP contribution in [0.4, 0.5) is 5.69 Å². The van der Waals surface area contributed by atoms with E-state index >= 15 is 0 Å². The minimum Gasteiger partial charge on any atom is -0.478 e. The largest absolute Gasteiger partial charge is 0.478 e. The lowest BCUT2D eigenvalue weighted by Crippen LogP contribution is -2.23. The first-order valence-electron chi connectivity index (χ1n) is 8.54. The maximum Gasteiger partial charge on any atom is 0.335 e. The van der Waals surface area contributed by atoms with Gasteiger partial charge in [-0.2, -0.15) is 4.42 Å². The number of rotatable bonds is 5. The van der Waals surface area contributed by atoms with Gasteiger partial charge in [-0.25, -0.2) is 9.59 Å². The fraction of sp³-hybridized carbons (Fsp3) is 0.105. The van der Waals surface area contributed by atoms with Crippen LogP contribution in [0.15, 0.2) is 18.2 Å². The molecule has 0 spiro atoms. The van der Waals surface area contributed by atoms with Gasteiger partial charge < -0.3 is 15.5 Å². The monoisotopic (exact) mass is 518 g/mol. The van der Waals surface area contributed by atoms with Crippen LogP contribution in [-0.4, -0.2) is 44.3 Å². The minimum absolute atomic E-state index is 0.122. The van der Waals surface area contributed by atoms with E-state index < -0.39 is 35.6 Å². The topological polar surface area (TPSA) is 141 Å². The second-order valence-electron chi connectivity index (χ2n) is 6.62. The molecule has 1 atom stereocenters. The van der Waals surface area contributed by atoms with Crippen molar-refractivity contribution in [2.45, 2.75) is 12.8 Å². The van der Waals surface area contributed by atoms with Crippen LogP contribution in [0, 0.1) is 0 Å². The molecule has 1 aliphatic rings. The second kappa shape index (κ2) is 8.59. The number of anilines is 1. The van der Waals surface area contributed by atoms with Crippen LogP contribution in [0.2, 0.25) is 15.1 Å². The first-order chi connectivity index (χ1) is 14.9. The van der Waals surface area contributed by atoms with E-state index in [4.69, 9.17) is 46.6 Å². The molecule has 9 nitrogen and oxygen atoms in total. The molecule has 0 fully saturated rings. The van der Waals surface area contributed by atoms with Crippen LogP contribution in [-0.2, 0) is 4.79 Å². The summed E-state index contributed by atoms with van der Waals surface area (Å²) in [5, 5.41) is 19.9. The number of carbonyl (C=O) groups excluding carboxylic acids is 3. The number of hydrogen-bond donors (Lipinski definition) is 3. The number of carboxylic acids is 2. The first kappa shape index (κ1) is 23.8. The smallest absolute Gasteiger partial charge is 0.335 e. The van der Waals surface area contributed by atoms with Crippen LogP contribution >= 0.6 is 46.6 Å². The van der Waals surface area contributed by atoms with Gasteiger partial charge >= 0.3 is 11.9 Å². The van der Waals surface area contributed by atoms with Gasteiger partial charge in [-0.3, -0.25) is 14.4 Å². The molecule has 3 rings (SSSR count). The van der Waals surface area contributed by atoms with E-state index in [9.17, 15) is 34.2 Å². The third-order valence-electron chi connectivity index (χ3n) is 4.67. The number of nitrogens with zero attached hydrogens (tertiary/aromatic N) is 1. The van der Waals surface area contributed by atoms with Gasteiger partial charge in [-0.15, -0.1) is 0 Å². The van der Waals surface area contributed by atoms with Crippen molar-refractivity contribution in [1.29, 1.82) is 0 Å². The highest BCUT2D eigenvalue weighted by Crippen LogP contribution is 2.45. The number of amides is 3. The lowest BCUT2D eigenvalue weighted by Gasteiger charge is -2.18. The summed E-state index contributed by atoms with van der Waals surface area (Å²) in [6.07, 6.45) is 0. The van der Waals surface area contributed by atoms with Crippen molar-refractivity contribution < 1.29 is 34.2 Å². The molecule has 0 aliphatic carbocycles. The average molecular weight is 520 g/mol. The molecule has 1 unspecified atom stereocenters. The van der Waals surface area contributed by atoms with E-state index in [1.165, 1.54) is 6.92 Å². The van der Waals surface area contributed by atoms with E-state index in [0.29, 0.717) is 0 Å². The van der Waals surface area contributed by atoms with Gasteiger partial charge in [0.25, 0.3) is 11.8 Å². The summed E-state index contributed by atoms with van der Waals surface area (Å²) in [7, 11) is 0. The van der Waals surface area contributed by atoms with Crippen LogP contribution in [0.1, 0.15) is 59.8 Å². The highest BCUT2D eigenvalue weighted by Gasteiger charge is 2.43. The fourth-order valence-electron chi connectivity index (χ4n) is 3.12. The van der Waals surface area contributed by atoms with Crippen LogP contribution in [0.25, 0.3) is 0 Å². The van der Waals surface area contributed by atoms with E-state index in [2.05, 4.69) is 5.32 Å². The molecule has 1 heterocycles. The Hall–Kier alpha value is -2.85. The fourth-order valence-corrected chi connectivity index (χ4v) is 4.16. The summed E-state index contributed by atoms with van der Waals surface area (Å²) in [6, 6.07) is 3.02. The molecular weight excluding hydrogens is 510 g/mol. The summed E-state index contributed by atoms with van der Waals surface area (Å²) in [6.45, 7) is 1.34. The Balaban J connectivity index is 2.08. The third kappa shape index (κ3) is 3.88. The van der Waals surface area contributed by atoms with Crippen molar-refractivity contribution in [2.24, 2.45) is 0 Å². The van der Waals surface area contributed by atoms with Gasteiger partial charge in [0.1, 0.15) is 0 Å². The Morgan fingerprint density at radius 1 is 0.875 bits per heavy atom. The highest BCUT2D eigenvalue weighted by molar-refractivity contribution is 6.52. The summed E-state index contributed by atoms with van der Waals surface area (Å²) < 4.78 is 0.285. The Morgan fingerprint density at radius 3 is 1.88 bits per heavy atom. The molecule has 13 heteroatoms. The molecule has 2 aromatic carbocycles. The summed E-state index contributed by atoms with van der Waals surface area (Å²) in [5.41, 5.74) is -1.61. The number of nitrogens with one attached hydrogen (secondary N) is 1. The Bertz CT molecular complexity index is 1210. The second-order valence-corrected chi connectivity index (χ2v) is 8.09. The lowest BCUT2D eigenvalue weighted by atomic mass is 9.92. The molecule has 0 bridgehead atoms. The number of benzene rings is 2. The maximum absolute atomic E-state index is 12.9. The van der Waals surface area contributed by atoms with Crippen molar-refractivity contribution in [2.75, 3.05) is 5.32 Å². The summed E-state index contributed by atoms with van der Waals surface area (Å²) in [4.78, 5) is 60.3. The van der Waals surface area contributed by atoms with E-state index in [1.807, 2.05) is 0 Å². The maximum atomic E-state index is 12.9. The number of aromatic carboxylic acids is 2. The molecule has 0 saturated heterocycles. The average Bonchev–Trinajstić information content (AvgIpc) is 2.95. The number of hydrogen-bond acceptors (Lipinski definition) is 5. The molecule has 0 aromatic heterocycles. The zero-order valence-corrected chi connectivity index (χ0v) is 18.7. The number of carbonyl (C=O) groups is 5. The number of carboxylic acid groups (broad SMARTS) is 2. The predicted octanol–water partition coefficient (Wildman–Crippen LogP) is 4.54. The zero-order valence-electron chi connectivity index (χ0n) is 15.7. The van der Waals surface area contributed by atoms with Crippen LogP contribution in [0.3, 0.4) is 0 Å². The van der Waals surface area contributed by atoms with Crippen LogP contribution in [0.5, 0.6) is 0 Å². The van der Waals surface area contributed by atoms with Crippen molar-refractivity contribution in [3.63, 3.8) is 0 Å². The third-order valence-corrected chi connectivity index (χ3v) is 6.31. The van der Waals surface area contributed by atoms with Gasteiger partial charge in [-0.05, 0) is 30.7 Å². The van der Waals surface area contributed by atoms with Crippen molar-refractivity contribution in [3.8, 4) is 0 Å². The van der Waals surface area contributed by atoms with E-state index in [0.717, 1.165) is 18.2 Å². The zero-order chi connectivity index (χ0) is 24.1. The normalized spacial score (nSPS) is 13.7. The van der Waals surface area contributed by atoms with Crippen molar-refractivity contribution in [3.05, 3.63) is 61.1 Å². The Kier molecular flexibility index (Phi) is 6.39. The molecule has 2 aromatic rings. The van der Waals surface area contributed by atoms with Gasteiger partial charge in [0.05, 0.1) is 43.2 Å². The molecular formula is C19H10Cl4N2O7. The summed E-state index contributed by atoms with van der Waals surface area (Å²) >= 11 is 24.1. The van der Waals surface area contributed by atoms with Crippen LogP contribution < -0.4 is 5.32 Å². The molecule has 3 amide bonds. The standard InChI is InChI=1S/C19H10Cl4N2O7/c1-5(15(26)24-8-3-6(18(29)30)2-7(4-8)19(31)32)9-10-11(13(21)14(22)12(9)20)17(28)25(23)16(10)27/h2-5H,1H3,(H,24,26)(H,29,30)(H,31,32). The SMILES string of the molecule is CC(C(=O)Nc1cc(C(=O)O)cc(C(=O)O)c1)c1c(Cl)c(Cl)c(Cl)c2c1C(=O)N(Cl)C2=O. The van der Waals surface area contributed by atoms with Gasteiger partial charge in [0, 0.05) is 17.5 Å². The molecule has 3 N–H and O–H groups in total. The van der Waals surface area contributed by atoms with Gasteiger partial charge in [0.15, 0.2) is 0 Å². The van der Waals surface area contributed by atoms with Gasteiger partial charge in [0.2, 0.25) is 5.91 Å². The number of imide groups is 1. The van der Waals surface area contributed by atoms with Crippen molar-refractivity contribution in [1.82, 2.24) is 4.42 Å². The van der Waals surface area contributed by atoms with Gasteiger partial charge in [-0.1, -0.05) is 34.8 Å². The molecule has 166 valence electrons. The Morgan fingerprint density at radius 2 is 1.38 bits per heavy atom. The molecule has 32 heavy (non-hydrogen) atoms. The first-order valence-corrected chi connectivity index (χ1v) is 10.0. The van der Waals surface area contributed by atoms with Crippen molar-refractivity contribution >= 4 is 81.9 Å². The number of halogens is 4. The predicted molar refractivity (Wildman–Crippen MR) is 115 cm³/mol. The van der Waals surface area contributed by atoms with E-state index in [1.54, 1.807) is 0 Å². The number of fused-ring (bicyclic) bond motifs is 1. The minimum atomic E-state index is -1.41. The lowest BCUT2D eigenvalue weighted by molar-refractivity contribution is -0.117. The molecule has 0 saturated carbocycles. The molecule has 0 radical (unpaired) electrons. The molecule has 1 aliphatic heterocycles. The van der Waals surface area contributed by atoms with E-state index in [-0.39, 0.29) is 53.0 Å².